The summed E-state index contributed by atoms with van der Waals surface area (Å²) in [6.07, 6.45) is 0.714. The highest BCUT2D eigenvalue weighted by Gasteiger charge is 2.31. The molecule has 2 aliphatic heterocycles. The van der Waals surface area contributed by atoms with Gasteiger partial charge >= 0.3 is 15.2 Å². The van der Waals surface area contributed by atoms with Crippen molar-refractivity contribution in [2.45, 2.75) is 20.3 Å². The molecule has 2 saturated heterocycles. The van der Waals surface area contributed by atoms with Gasteiger partial charge < -0.3 is 37.8 Å². The first-order chi connectivity index (χ1) is 12.2. The van der Waals surface area contributed by atoms with Gasteiger partial charge in [0.15, 0.2) is 0 Å². The molecule has 2 N–H and O–H groups in total. The third-order valence-electron chi connectivity index (χ3n) is 3.19. The molecule has 2 fully saturated rings. The first kappa shape index (κ1) is 24.2. The van der Waals surface area contributed by atoms with Gasteiger partial charge in [0.25, 0.3) is 0 Å². The number of rotatable bonds is 8. The van der Waals surface area contributed by atoms with Crippen molar-refractivity contribution in [3.05, 3.63) is 0 Å². The smallest absolute Gasteiger partial charge is 0.356 e. The third kappa shape index (κ3) is 9.90. The summed E-state index contributed by atoms with van der Waals surface area (Å²) in [6, 6.07) is 0. The summed E-state index contributed by atoms with van der Waals surface area (Å²) >= 11 is 0. The summed E-state index contributed by atoms with van der Waals surface area (Å²) in [6.45, 7) is 5.58. The largest absolute Gasteiger partial charge is 0.396 e. The molecule has 0 radical (unpaired) electrons. The van der Waals surface area contributed by atoms with Gasteiger partial charge in [-0.25, -0.2) is 0 Å². The van der Waals surface area contributed by atoms with Crippen molar-refractivity contribution in [1.82, 2.24) is 0 Å². The predicted octanol–water partition coefficient (Wildman–Crippen LogP) is 1.80. The Labute approximate surface area is 154 Å². The third-order valence-corrected chi connectivity index (χ3v) is 6.44. The SMILES string of the molecule is CC(C)(CO)COP1(=O)COCCO1.O=P1(COCCO)OCCCO1. The lowest BCUT2D eigenvalue weighted by atomic mass is 9.97. The molecule has 2 heterocycles. The molecule has 0 amide bonds. The van der Waals surface area contributed by atoms with E-state index in [9.17, 15) is 9.13 Å². The van der Waals surface area contributed by atoms with Crippen LogP contribution in [0.5, 0.6) is 0 Å². The summed E-state index contributed by atoms with van der Waals surface area (Å²) in [7, 11) is -6.03. The van der Waals surface area contributed by atoms with Crippen LogP contribution >= 0.6 is 15.2 Å². The second-order valence-corrected chi connectivity index (χ2v) is 10.5. The molecule has 1 atom stereocenters. The van der Waals surface area contributed by atoms with E-state index in [-0.39, 0.29) is 39.1 Å². The monoisotopic (exact) mass is 420 g/mol. The lowest BCUT2D eigenvalue weighted by Gasteiger charge is -2.27. The molecule has 0 aromatic heterocycles. The zero-order valence-electron chi connectivity index (χ0n) is 15.3. The van der Waals surface area contributed by atoms with Crippen molar-refractivity contribution in [1.29, 1.82) is 0 Å². The average molecular weight is 420 g/mol. The van der Waals surface area contributed by atoms with E-state index in [1.54, 1.807) is 0 Å². The van der Waals surface area contributed by atoms with Crippen LogP contribution in [0.1, 0.15) is 20.3 Å². The Balaban J connectivity index is 0.000000263. The van der Waals surface area contributed by atoms with Gasteiger partial charge in [0.2, 0.25) is 0 Å². The highest BCUT2D eigenvalue weighted by atomic mass is 31.2. The van der Waals surface area contributed by atoms with Crippen molar-refractivity contribution >= 4 is 15.2 Å². The number of aliphatic hydroxyl groups is 2. The summed E-state index contributed by atoms with van der Waals surface area (Å²) in [5.41, 5.74) is -0.405. The molecule has 0 aromatic carbocycles. The zero-order chi connectivity index (χ0) is 19.5. The summed E-state index contributed by atoms with van der Waals surface area (Å²) in [5, 5.41) is 17.3. The van der Waals surface area contributed by atoms with Gasteiger partial charge in [-0.2, -0.15) is 0 Å². The minimum Gasteiger partial charge on any atom is -0.396 e. The number of hydrogen-bond acceptors (Lipinski definition) is 10. The van der Waals surface area contributed by atoms with Crippen LogP contribution in [0, 0.1) is 5.41 Å². The van der Waals surface area contributed by atoms with Crippen LogP contribution in [0.4, 0.5) is 0 Å². The second-order valence-electron chi connectivity index (χ2n) is 6.47. The van der Waals surface area contributed by atoms with Crippen LogP contribution in [0.15, 0.2) is 0 Å². The molecule has 2 aliphatic rings. The highest BCUT2D eigenvalue weighted by molar-refractivity contribution is 7.53. The van der Waals surface area contributed by atoms with Crippen molar-refractivity contribution in [3.8, 4) is 0 Å². The molecule has 0 saturated carbocycles. The van der Waals surface area contributed by atoms with Crippen LogP contribution in [0.3, 0.4) is 0 Å². The van der Waals surface area contributed by atoms with Crippen molar-refractivity contribution in [3.63, 3.8) is 0 Å². The second kappa shape index (κ2) is 11.9. The molecule has 1 unspecified atom stereocenters. The molecule has 156 valence electrons. The van der Waals surface area contributed by atoms with Gasteiger partial charge in [0.05, 0.1) is 52.9 Å². The molecular formula is C14H30O10P2. The number of aliphatic hydroxyl groups excluding tert-OH is 2. The fourth-order valence-electron chi connectivity index (χ4n) is 1.66. The van der Waals surface area contributed by atoms with E-state index < -0.39 is 20.6 Å². The minimum absolute atomic E-state index is 0.00844. The molecule has 0 aliphatic carbocycles. The van der Waals surface area contributed by atoms with E-state index >= 15 is 0 Å². The van der Waals surface area contributed by atoms with Gasteiger partial charge in [-0.3, -0.25) is 9.13 Å². The summed E-state index contributed by atoms with van der Waals surface area (Å²) < 4.78 is 53.2. The van der Waals surface area contributed by atoms with E-state index in [1.165, 1.54) is 0 Å². The Bertz CT molecular complexity index is 464. The summed E-state index contributed by atoms with van der Waals surface area (Å²) in [5.74, 6) is 0. The topological polar surface area (TPSA) is 130 Å². The molecule has 26 heavy (non-hydrogen) atoms. The van der Waals surface area contributed by atoms with Crippen LogP contribution in [-0.4, -0.2) is 75.8 Å². The number of ether oxygens (including phenoxy) is 2. The van der Waals surface area contributed by atoms with E-state index in [0.717, 1.165) is 6.42 Å². The van der Waals surface area contributed by atoms with Crippen molar-refractivity contribution < 1.29 is 46.9 Å². The van der Waals surface area contributed by atoms with Gasteiger partial charge in [0.1, 0.15) is 12.7 Å². The Morgan fingerprint density at radius 1 is 1.04 bits per heavy atom. The van der Waals surface area contributed by atoms with Crippen LogP contribution in [0.25, 0.3) is 0 Å². The van der Waals surface area contributed by atoms with Gasteiger partial charge in [-0.15, -0.1) is 0 Å². The Morgan fingerprint density at radius 2 is 1.73 bits per heavy atom. The number of hydrogen-bond donors (Lipinski definition) is 2. The van der Waals surface area contributed by atoms with E-state index in [4.69, 9.17) is 37.8 Å². The quantitative estimate of drug-likeness (QED) is 0.443. The maximum atomic E-state index is 11.7. The lowest BCUT2D eigenvalue weighted by molar-refractivity contribution is 0.0372. The Morgan fingerprint density at radius 3 is 2.27 bits per heavy atom. The first-order valence-electron chi connectivity index (χ1n) is 8.38. The molecular weight excluding hydrogens is 390 g/mol. The fraction of sp³-hybridized carbons (Fsp3) is 1.00. The average Bonchev–Trinajstić information content (AvgIpc) is 2.62. The molecule has 12 heteroatoms. The minimum atomic E-state index is -3.06. The van der Waals surface area contributed by atoms with Crippen LogP contribution in [-0.2, 0) is 36.7 Å². The molecule has 2 rings (SSSR count). The zero-order valence-corrected chi connectivity index (χ0v) is 17.1. The molecule has 0 spiro atoms. The molecule has 0 aromatic rings. The maximum Gasteiger partial charge on any atom is 0.356 e. The van der Waals surface area contributed by atoms with Crippen molar-refractivity contribution in [2.24, 2.45) is 5.41 Å². The Kier molecular flexibility index (Phi) is 11.0. The van der Waals surface area contributed by atoms with E-state index in [2.05, 4.69) is 0 Å². The van der Waals surface area contributed by atoms with Crippen LogP contribution in [0.2, 0.25) is 0 Å². The fourth-order valence-corrected chi connectivity index (χ4v) is 4.53. The summed E-state index contributed by atoms with van der Waals surface area (Å²) in [4.78, 5) is 0. The van der Waals surface area contributed by atoms with Gasteiger partial charge in [-0.05, 0) is 6.42 Å². The highest BCUT2D eigenvalue weighted by Crippen LogP contribution is 2.51. The standard InChI is InChI=1S/C8H17O5P.C6H13O5P/c1-8(2,5-9)6-13-14(10)7-11-3-4-12-14;7-2-5-9-6-12(8)10-3-1-4-11-12/h9H,3-7H2,1-2H3;7H,1-6H2. The molecule has 10 nitrogen and oxygen atoms in total. The van der Waals surface area contributed by atoms with Gasteiger partial charge in [-0.1, -0.05) is 13.8 Å². The normalized spacial score (nSPS) is 26.0. The lowest BCUT2D eigenvalue weighted by Crippen LogP contribution is -2.25. The molecule has 0 bridgehead atoms. The van der Waals surface area contributed by atoms with E-state index in [1.807, 2.05) is 13.8 Å². The van der Waals surface area contributed by atoms with Gasteiger partial charge in [0, 0.05) is 5.41 Å². The van der Waals surface area contributed by atoms with Crippen LogP contribution < -0.4 is 0 Å². The van der Waals surface area contributed by atoms with Crippen molar-refractivity contribution in [2.75, 3.05) is 65.6 Å². The van der Waals surface area contributed by atoms with E-state index in [0.29, 0.717) is 26.4 Å². The first-order valence-corrected chi connectivity index (χ1v) is 11.8. The maximum absolute atomic E-state index is 11.7. The predicted molar refractivity (Wildman–Crippen MR) is 93.2 cm³/mol. The Hall–Kier alpha value is 0.140.